The van der Waals surface area contributed by atoms with Gasteiger partial charge in [0.2, 0.25) is 0 Å². The number of aliphatic hydroxyl groups excluding tert-OH is 1. The molecule has 1 aliphatic rings. The van der Waals surface area contributed by atoms with Crippen LogP contribution in [0.3, 0.4) is 0 Å². The van der Waals surface area contributed by atoms with E-state index in [0.717, 1.165) is 0 Å². The van der Waals surface area contributed by atoms with Gasteiger partial charge in [0, 0.05) is 6.42 Å². The van der Waals surface area contributed by atoms with Crippen molar-refractivity contribution in [3.63, 3.8) is 0 Å². The molecule has 0 saturated carbocycles. The molecule has 1 fully saturated rings. The van der Waals surface area contributed by atoms with Crippen molar-refractivity contribution in [2.75, 3.05) is 6.79 Å². The first-order valence-corrected chi connectivity index (χ1v) is 10.1. The average molecular weight is 423 g/mol. The molecule has 1 aliphatic heterocycles. The Morgan fingerprint density at radius 2 is 1.61 bits per heavy atom. The summed E-state index contributed by atoms with van der Waals surface area (Å²) in [6, 6.07) is 0. The number of nitrogens with zero attached hydrogens (tertiary/aromatic N) is 1. The minimum Gasteiger partial charge on any atom is -0.438 e. The normalized spacial score (nSPS) is 22.6. The number of ether oxygens (including phenoxy) is 2. The lowest BCUT2D eigenvalue weighted by molar-refractivity contribution is -0.189. The van der Waals surface area contributed by atoms with Crippen LogP contribution in [-0.2, 0) is 32.9 Å². The second-order valence-electron chi connectivity index (χ2n) is 8.35. The smallest absolute Gasteiger partial charge is 0.400 e. The molecule has 0 bridgehead atoms. The van der Waals surface area contributed by atoms with E-state index in [9.17, 15) is 34.1 Å². The van der Waals surface area contributed by atoms with Crippen molar-refractivity contribution >= 4 is 30.9 Å². The van der Waals surface area contributed by atoms with Crippen molar-refractivity contribution in [3.8, 4) is 0 Å². The van der Waals surface area contributed by atoms with Crippen LogP contribution >= 0.6 is 7.37 Å². The van der Waals surface area contributed by atoms with Crippen molar-refractivity contribution in [2.24, 2.45) is 10.8 Å². The summed E-state index contributed by atoms with van der Waals surface area (Å²) in [6.07, 6.45) is -2.34. The highest BCUT2D eigenvalue weighted by molar-refractivity contribution is 7.77. The van der Waals surface area contributed by atoms with Gasteiger partial charge in [-0.15, -0.1) is 0 Å². The minimum absolute atomic E-state index is 0.0965. The van der Waals surface area contributed by atoms with Crippen molar-refractivity contribution in [2.45, 2.75) is 59.9 Å². The molecule has 160 valence electrons. The predicted octanol–water partition coefficient (Wildman–Crippen LogP) is 1.85. The van der Waals surface area contributed by atoms with Gasteiger partial charge in [-0.1, -0.05) is 0 Å². The van der Waals surface area contributed by atoms with Crippen LogP contribution < -0.4 is 0 Å². The Bertz CT molecular complexity index is 705. The zero-order valence-corrected chi connectivity index (χ0v) is 17.5. The summed E-state index contributed by atoms with van der Waals surface area (Å²) in [5, 5.41) is 19.0. The second kappa shape index (κ2) is 8.28. The lowest BCUT2D eigenvalue weighted by atomic mass is 9.98. The van der Waals surface area contributed by atoms with Gasteiger partial charge in [0.1, 0.15) is 5.66 Å². The van der Waals surface area contributed by atoms with E-state index in [1.807, 2.05) is 0 Å². The molecule has 1 rings (SSSR count). The van der Waals surface area contributed by atoms with Gasteiger partial charge in [-0.2, -0.15) is 5.06 Å². The summed E-state index contributed by atoms with van der Waals surface area (Å²) < 4.78 is 27.5. The Balaban J connectivity index is 3.08. The fourth-order valence-corrected chi connectivity index (χ4v) is 3.76. The average Bonchev–Trinajstić information content (AvgIpc) is 2.80. The maximum atomic E-state index is 13.2. The van der Waals surface area contributed by atoms with Gasteiger partial charge in [0.15, 0.2) is 13.0 Å². The van der Waals surface area contributed by atoms with Gasteiger partial charge in [-0.05, 0) is 41.5 Å². The fraction of sp³-hybridized carbons (Fsp3) is 0.750. The summed E-state index contributed by atoms with van der Waals surface area (Å²) in [4.78, 5) is 48.3. The molecular formula is C16H26NO10P. The SMILES string of the molecule is CC(C)(C)C(=O)OCOP(=O)(C(=O)OC(=O)C(C)(C)C)C1CC(O)N(O)C1=O. The van der Waals surface area contributed by atoms with Crippen LogP contribution in [0, 0.1) is 10.8 Å². The van der Waals surface area contributed by atoms with Crippen molar-refractivity contribution < 1.29 is 48.1 Å². The van der Waals surface area contributed by atoms with Gasteiger partial charge < -0.3 is 14.6 Å². The number of esters is 2. The van der Waals surface area contributed by atoms with E-state index in [0.29, 0.717) is 0 Å². The highest BCUT2D eigenvalue weighted by Gasteiger charge is 2.56. The number of hydrogen-bond acceptors (Lipinski definition) is 10. The number of carbonyl (C=O) groups is 4. The molecule has 3 unspecified atom stereocenters. The first-order chi connectivity index (χ1) is 12.5. The summed E-state index contributed by atoms with van der Waals surface area (Å²) in [6.45, 7) is 8.01. The summed E-state index contributed by atoms with van der Waals surface area (Å²) in [7, 11) is -4.79. The molecule has 1 saturated heterocycles. The van der Waals surface area contributed by atoms with Crippen molar-refractivity contribution in [1.29, 1.82) is 0 Å². The lowest BCUT2D eigenvalue weighted by Gasteiger charge is -2.23. The van der Waals surface area contributed by atoms with E-state index >= 15 is 0 Å². The molecule has 0 aromatic carbocycles. The Morgan fingerprint density at radius 3 is 2.00 bits per heavy atom. The molecule has 28 heavy (non-hydrogen) atoms. The van der Waals surface area contributed by atoms with Crippen LogP contribution in [0.15, 0.2) is 0 Å². The molecule has 11 nitrogen and oxygen atoms in total. The molecule has 1 heterocycles. The van der Waals surface area contributed by atoms with Crippen LogP contribution in [0.5, 0.6) is 0 Å². The molecule has 0 aromatic rings. The first-order valence-electron chi connectivity index (χ1n) is 8.40. The van der Waals surface area contributed by atoms with Crippen LogP contribution in [0.25, 0.3) is 0 Å². The van der Waals surface area contributed by atoms with E-state index < -0.39 is 66.9 Å². The van der Waals surface area contributed by atoms with Crippen LogP contribution in [0.4, 0.5) is 4.79 Å². The van der Waals surface area contributed by atoms with Gasteiger partial charge in [0.05, 0.1) is 10.8 Å². The molecule has 3 atom stereocenters. The summed E-state index contributed by atoms with van der Waals surface area (Å²) in [5.41, 5.74) is -5.49. The molecular weight excluding hydrogens is 397 g/mol. The van der Waals surface area contributed by atoms with Gasteiger partial charge in [0.25, 0.3) is 5.91 Å². The largest absolute Gasteiger partial charge is 0.438 e. The zero-order chi connectivity index (χ0) is 22.1. The Kier molecular flexibility index (Phi) is 7.17. The van der Waals surface area contributed by atoms with Crippen LogP contribution in [-0.4, -0.2) is 57.6 Å². The predicted molar refractivity (Wildman–Crippen MR) is 93.1 cm³/mol. The van der Waals surface area contributed by atoms with E-state index in [1.165, 1.54) is 20.8 Å². The molecule has 0 spiro atoms. The van der Waals surface area contributed by atoms with E-state index in [4.69, 9.17) is 9.26 Å². The molecule has 2 N–H and O–H groups in total. The zero-order valence-electron chi connectivity index (χ0n) is 16.6. The topological polar surface area (TPSA) is 157 Å². The van der Waals surface area contributed by atoms with Crippen LogP contribution in [0.1, 0.15) is 48.0 Å². The number of rotatable bonds is 5. The third-order valence-electron chi connectivity index (χ3n) is 3.73. The summed E-state index contributed by atoms with van der Waals surface area (Å²) in [5.74, 6) is -3.02. The lowest BCUT2D eigenvalue weighted by Crippen LogP contribution is -2.33. The Hall–Kier alpha value is -1.81. The molecule has 12 heteroatoms. The van der Waals surface area contributed by atoms with Crippen LogP contribution in [0.2, 0.25) is 0 Å². The quantitative estimate of drug-likeness (QED) is 0.220. The Morgan fingerprint density at radius 1 is 1.11 bits per heavy atom. The standard InChI is InChI=1S/C16H26NO10P/c1-15(2,3)12(20)25-8-26-28(24,9-7-10(18)17(23)11(9)19)14(22)27-13(21)16(4,5)6/h9-10,18,23H,7-8H2,1-6H3. The second-order valence-corrected chi connectivity index (χ2v) is 10.8. The highest BCUT2D eigenvalue weighted by atomic mass is 31.2. The third-order valence-corrected chi connectivity index (χ3v) is 6.07. The van der Waals surface area contributed by atoms with Gasteiger partial charge in [-0.3, -0.25) is 28.7 Å². The summed E-state index contributed by atoms with van der Waals surface area (Å²) >= 11 is 0. The highest BCUT2D eigenvalue weighted by Crippen LogP contribution is 2.57. The number of aliphatic hydroxyl groups is 1. The molecule has 0 aliphatic carbocycles. The van der Waals surface area contributed by atoms with Crippen molar-refractivity contribution in [3.05, 3.63) is 0 Å². The Labute approximate surface area is 162 Å². The molecule has 0 aromatic heterocycles. The van der Waals surface area contributed by atoms with E-state index in [-0.39, 0.29) is 5.06 Å². The maximum Gasteiger partial charge on any atom is 0.400 e. The minimum atomic E-state index is -4.79. The molecule has 1 amide bonds. The first kappa shape index (κ1) is 24.2. The van der Waals surface area contributed by atoms with Gasteiger partial charge in [-0.25, -0.2) is 4.79 Å². The fourth-order valence-electron chi connectivity index (χ4n) is 1.92. The van der Waals surface area contributed by atoms with E-state index in [2.05, 4.69) is 4.74 Å². The molecule has 0 radical (unpaired) electrons. The number of hydrogen-bond donors (Lipinski definition) is 2. The number of amides is 1. The third kappa shape index (κ3) is 5.38. The number of carbonyl (C=O) groups excluding carboxylic acids is 4. The van der Waals surface area contributed by atoms with E-state index in [1.54, 1.807) is 20.8 Å². The van der Waals surface area contributed by atoms with Crippen molar-refractivity contribution in [1.82, 2.24) is 5.06 Å². The monoisotopic (exact) mass is 423 g/mol. The van der Waals surface area contributed by atoms with Gasteiger partial charge >= 0.3 is 25.0 Å². The number of hydroxylamine groups is 2. The maximum absolute atomic E-state index is 13.2.